The molecule has 0 spiro atoms. The molecule has 0 N–H and O–H groups in total. The van der Waals surface area contributed by atoms with E-state index in [0.717, 1.165) is 0 Å². The van der Waals surface area contributed by atoms with Gasteiger partial charge in [0.15, 0.2) is 0 Å². The van der Waals surface area contributed by atoms with Crippen molar-refractivity contribution in [1.82, 2.24) is 15.1 Å². The number of aryl methyl sites for hydroxylation is 1. The van der Waals surface area contributed by atoms with Gasteiger partial charge >= 0.3 is 0 Å². The van der Waals surface area contributed by atoms with Crippen molar-refractivity contribution in [2.45, 2.75) is 6.92 Å². The van der Waals surface area contributed by atoms with Gasteiger partial charge in [-0.1, -0.05) is 17.3 Å². The molecule has 0 fully saturated rings. The Bertz CT molecular complexity index is 926. The highest BCUT2D eigenvalue weighted by Crippen LogP contribution is 2.26. The van der Waals surface area contributed by atoms with Gasteiger partial charge in [-0.2, -0.15) is 10.2 Å². The Labute approximate surface area is 136 Å². The molecule has 7 heteroatoms. The number of rotatable bonds is 3. The Morgan fingerprint density at radius 2 is 2.13 bits per heavy atom. The molecule has 0 aliphatic heterocycles. The predicted molar refractivity (Wildman–Crippen MR) is 82.6 cm³/mol. The molecule has 0 unspecified atom stereocenters. The van der Waals surface area contributed by atoms with Crippen molar-refractivity contribution in [1.29, 1.82) is 5.26 Å². The van der Waals surface area contributed by atoms with Crippen molar-refractivity contribution in [3.63, 3.8) is 0 Å². The summed E-state index contributed by atoms with van der Waals surface area (Å²) < 4.78 is 4.94. The minimum absolute atomic E-state index is 0.299. The standard InChI is InChI=1S/C16H9ClN4O2/c1-9-20-16(21-23-9)10-2-4-13(12(6-10)7-18)14-5-3-11(8-19-14)15(17)22/h2-6,8H,1H3. The number of carbonyl (C=O) groups excluding carboxylic acids is 1. The Hall–Kier alpha value is -3.04. The van der Waals surface area contributed by atoms with Crippen LogP contribution in [0.1, 0.15) is 21.8 Å². The Morgan fingerprint density at radius 3 is 2.70 bits per heavy atom. The van der Waals surface area contributed by atoms with Crippen LogP contribution in [-0.4, -0.2) is 20.4 Å². The van der Waals surface area contributed by atoms with Crippen molar-refractivity contribution in [2.24, 2.45) is 0 Å². The molecule has 0 saturated heterocycles. The molecular weight excluding hydrogens is 316 g/mol. The number of carbonyl (C=O) groups is 1. The first kappa shape index (κ1) is 14.9. The quantitative estimate of drug-likeness (QED) is 0.686. The van der Waals surface area contributed by atoms with Crippen LogP contribution in [0.4, 0.5) is 0 Å². The number of hydrogen-bond donors (Lipinski definition) is 0. The second kappa shape index (κ2) is 5.99. The number of nitriles is 1. The molecule has 0 aliphatic carbocycles. The van der Waals surface area contributed by atoms with E-state index in [2.05, 4.69) is 21.2 Å². The van der Waals surface area contributed by atoms with Gasteiger partial charge in [-0.3, -0.25) is 9.78 Å². The summed E-state index contributed by atoms with van der Waals surface area (Å²) >= 11 is 5.40. The lowest BCUT2D eigenvalue weighted by Gasteiger charge is -2.05. The summed E-state index contributed by atoms with van der Waals surface area (Å²) in [6.07, 6.45) is 1.38. The maximum absolute atomic E-state index is 11.1. The molecule has 0 atom stereocenters. The van der Waals surface area contributed by atoms with Crippen LogP contribution in [0, 0.1) is 18.3 Å². The zero-order valence-electron chi connectivity index (χ0n) is 11.9. The van der Waals surface area contributed by atoms with E-state index in [-0.39, 0.29) is 0 Å². The third-order valence-corrected chi connectivity index (χ3v) is 3.41. The zero-order valence-corrected chi connectivity index (χ0v) is 12.7. The van der Waals surface area contributed by atoms with E-state index < -0.39 is 5.24 Å². The molecule has 0 bridgehead atoms. The highest BCUT2D eigenvalue weighted by molar-refractivity contribution is 6.67. The van der Waals surface area contributed by atoms with Crippen LogP contribution in [-0.2, 0) is 0 Å². The van der Waals surface area contributed by atoms with Crippen molar-refractivity contribution in [3.05, 3.63) is 53.5 Å². The lowest BCUT2D eigenvalue weighted by Crippen LogP contribution is -1.93. The molecule has 3 aromatic rings. The molecule has 112 valence electrons. The third kappa shape index (κ3) is 2.96. The van der Waals surface area contributed by atoms with E-state index in [1.807, 2.05) is 0 Å². The molecule has 1 aromatic carbocycles. The fourth-order valence-corrected chi connectivity index (χ4v) is 2.20. The molecule has 0 aliphatic rings. The summed E-state index contributed by atoms with van der Waals surface area (Å²) in [4.78, 5) is 19.4. The second-order valence-corrected chi connectivity index (χ2v) is 5.06. The Balaban J connectivity index is 2.03. The molecule has 3 rings (SSSR count). The van der Waals surface area contributed by atoms with Crippen LogP contribution < -0.4 is 0 Å². The molecule has 2 aromatic heterocycles. The van der Waals surface area contributed by atoms with Gasteiger partial charge in [0.25, 0.3) is 5.24 Å². The summed E-state index contributed by atoms with van der Waals surface area (Å²) in [5, 5.41) is 12.6. The van der Waals surface area contributed by atoms with Crippen LogP contribution in [0.2, 0.25) is 0 Å². The van der Waals surface area contributed by atoms with Crippen LogP contribution in [0.5, 0.6) is 0 Å². The minimum atomic E-state index is -0.576. The van der Waals surface area contributed by atoms with Gasteiger partial charge in [0, 0.05) is 24.2 Å². The second-order valence-electron chi connectivity index (χ2n) is 4.71. The van der Waals surface area contributed by atoms with E-state index in [1.54, 1.807) is 37.3 Å². The summed E-state index contributed by atoms with van der Waals surface area (Å²) in [6, 6.07) is 10.5. The minimum Gasteiger partial charge on any atom is -0.339 e. The number of benzene rings is 1. The molecule has 0 amide bonds. The SMILES string of the molecule is Cc1nc(-c2ccc(-c3ccc(C(=O)Cl)cn3)c(C#N)c2)no1. The van der Waals surface area contributed by atoms with Gasteiger partial charge in [0.1, 0.15) is 0 Å². The topological polar surface area (TPSA) is 92.7 Å². The molecule has 23 heavy (non-hydrogen) atoms. The maximum atomic E-state index is 11.1. The number of pyridine rings is 1. The lowest BCUT2D eigenvalue weighted by molar-refractivity contribution is 0.108. The number of halogens is 1. The lowest BCUT2D eigenvalue weighted by atomic mass is 10.0. The highest BCUT2D eigenvalue weighted by atomic mass is 35.5. The monoisotopic (exact) mass is 324 g/mol. The Morgan fingerprint density at radius 1 is 1.30 bits per heavy atom. The fraction of sp³-hybridized carbons (Fsp3) is 0.0625. The van der Waals surface area contributed by atoms with E-state index in [0.29, 0.717) is 39.7 Å². The predicted octanol–water partition coefficient (Wildman–Crippen LogP) is 3.36. The van der Waals surface area contributed by atoms with Crippen molar-refractivity contribution < 1.29 is 9.32 Å². The maximum Gasteiger partial charge on any atom is 0.253 e. The summed E-state index contributed by atoms with van der Waals surface area (Å²) in [5.74, 6) is 0.868. The van der Waals surface area contributed by atoms with Gasteiger partial charge in [0.05, 0.1) is 22.9 Å². The average Bonchev–Trinajstić information content (AvgIpc) is 3.01. The van der Waals surface area contributed by atoms with Crippen LogP contribution in [0.25, 0.3) is 22.6 Å². The van der Waals surface area contributed by atoms with Gasteiger partial charge in [-0.25, -0.2) is 0 Å². The average molecular weight is 325 g/mol. The first-order chi connectivity index (χ1) is 11.1. The van der Waals surface area contributed by atoms with Gasteiger partial charge in [0.2, 0.25) is 11.7 Å². The fourth-order valence-electron chi connectivity index (χ4n) is 2.09. The van der Waals surface area contributed by atoms with E-state index in [4.69, 9.17) is 16.1 Å². The van der Waals surface area contributed by atoms with Gasteiger partial charge < -0.3 is 4.52 Å². The summed E-state index contributed by atoms with van der Waals surface area (Å²) in [6.45, 7) is 1.69. The van der Waals surface area contributed by atoms with Crippen molar-refractivity contribution in [3.8, 4) is 28.7 Å². The van der Waals surface area contributed by atoms with Crippen molar-refractivity contribution >= 4 is 16.8 Å². The molecule has 6 nitrogen and oxygen atoms in total. The van der Waals surface area contributed by atoms with Crippen LogP contribution in [0.15, 0.2) is 41.1 Å². The third-order valence-electron chi connectivity index (χ3n) is 3.19. The number of nitrogens with zero attached hydrogens (tertiary/aromatic N) is 4. The number of aromatic nitrogens is 3. The van der Waals surface area contributed by atoms with E-state index in [9.17, 15) is 10.1 Å². The molecule has 0 saturated carbocycles. The normalized spacial score (nSPS) is 10.3. The van der Waals surface area contributed by atoms with E-state index >= 15 is 0 Å². The molecule has 0 radical (unpaired) electrons. The zero-order chi connectivity index (χ0) is 16.4. The largest absolute Gasteiger partial charge is 0.339 e. The van der Waals surface area contributed by atoms with E-state index in [1.165, 1.54) is 6.20 Å². The first-order valence-corrected chi connectivity index (χ1v) is 6.97. The van der Waals surface area contributed by atoms with Gasteiger partial charge in [-0.05, 0) is 29.8 Å². The van der Waals surface area contributed by atoms with Crippen molar-refractivity contribution in [2.75, 3.05) is 0 Å². The summed E-state index contributed by atoms with van der Waals surface area (Å²) in [5.41, 5.74) is 2.61. The van der Waals surface area contributed by atoms with Crippen LogP contribution in [0.3, 0.4) is 0 Å². The molecular formula is C16H9ClN4O2. The number of hydrogen-bond acceptors (Lipinski definition) is 6. The van der Waals surface area contributed by atoms with Gasteiger partial charge in [-0.15, -0.1) is 0 Å². The smallest absolute Gasteiger partial charge is 0.253 e. The van der Waals surface area contributed by atoms with Crippen LogP contribution >= 0.6 is 11.6 Å². The Kier molecular flexibility index (Phi) is 3.87. The first-order valence-electron chi connectivity index (χ1n) is 6.59. The molecule has 2 heterocycles. The highest BCUT2D eigenvalue weighted by Gasteiger charge is 2.12. The summed E-state index contributed by atoms with van der Waals surface area (Å²) in [7, 11) is 0.